The van der Waals surface area contributed by atoms with E-state index in [1.807, 2.05) is 42.3 Å². The van der Waals surface area contributed by atoms with Crippen molar-refractivity contribution in [1.29, 1.82) is 0 Å². The highest BCUT2D eigenvalue weighted by atomic mass is 35.5. The summed E-state index contributed by atoms with van der Waals surface area (Å²) in [5.74, 6) is 0. The molecule has 0 amide bonds. The predicted octanol–water partition coefficient (Wildman–Crippen LogP) is 5.20. The second-order valence-corrected chi connectivity index (χ2v) is 5.69. The van der Waals surface area contributed by atoms with Crippen LogP contribution in [0.2, 0.25) is 10.0 Å². The molecule has 0 saturated carbocycles. The van der Waals surface area contributed by atoms with Crippen molar-refractivity contribution >= 4 is 35.2 Å². The molecule has 0 radical (unpaired) electrons. The molecular weight excluding hydrogens is 303 g/mol. The van der Waals surface area contributed by atoms with Gasteiger partial charge in [-0.2, -0.15) is 0 Å². The van der Waals surface area contributed by atoms with Crippen LogP contribution >= 0.6 is 23.2 Å². The van der Waals surface area contributed by atoms with Crippen LogP contribution in [0.15, 0.2) is 47.5 Å². The molecule has 2 aromatic rings. The Morgan fingerprint density at radius 3 is 2.48 bits per heavy atom. The first-order valence-electron chi connectivity index (χ1n) is 6.86. The summed E-state index contributed by atoms with van der Waals surface area (Å²) in [6, 6.07) is 13.9. The first kappa shape index (κ1) is 15.9. The topological polar surface area (TPSA) is 15.6 Å². The van der Waals surface area contributed by atoms with Gasteiger partial charge in [0.05, 0.1) is 17.0 Å². The third-order valence-electron chi connectivity index (χ3n) is 3.25. The van der Waals surface area contributed by atoms with E-state index < -0.39 is 0 Å². The normalized spacial score (nSPS) is 11.0. The number of hydrogen-bond donors (Lipinski definition) is 0. The Hall–Kier alpha value is -1.51. The number of rotatable bonds is 5. The molecule has 0 spiro atoms. The molecule has 0 aliphatic carbocycles. The molecule has 2 rings (SSSR count). The summed E-state index contributed by atoms with van der Waals surface area (Å²) < 4.78 is 0. The maximum atomic E-state index is 6.35. The molecule has 0 atom stereocenters. The molecule has 4 heteroatoms. The van der Waals surface area contributed by atoms with Crippen LogP contribution in [0, 0.1) is 0 Å². The van der Waals surface area contributed by atoms with E-state index in [9.17, 15) is 0 Å². The largest absolute Gasteiger partial charge is 0.366 e. The number of aliphatic imine (C=N–C) groups is 1. The van der Waals surface area contributed by atoms with Crippen LogP contribution < -0.4 is 0 Å². The Morgan fingerprint density at radius 1 is 1.10 bits per heavy atom. The predicted molar refractivity (Wildman–Crippen MR) is 92.2 cm³/mol. The summed E-state index contributed by atoms with van der Waals surface area (Å²) in [5.41, 5.74) is 2.91. The number of nitrogens with zero attached hydrogens (tertiary/aromatic N) is 2. The molecule has 0 fully saturated rings. The van der Waals surface area contributed by atoms with E-state index in [1.54, 1.807) is 6.34 Å². The summed E-state index contributed by atoms with van der Waals surface area (Å²) in [4.78, 5) is 6.34. The number of halogens is 2. The molecule has 0 aliphatic rings. The van der Waals surface area contributed by atoms with Crippen LogP contribution in [0.1, 0.15) is 18.1 Å². The summed E-state index contributed by atoms with van der Waals surface area (Å²) >= 11 is 12.7. The Balaban J connectivity index is 2.23. The summed E-state index contributed by atoms with van der Waals surface area (Å²) in [6.07, 6.45) is 2.52. The van der Waals surface area contributed by atoms with Crippen molar-refractivity contribution in [1.82, 2.24) is 4.90 Å². The van der Waals surface area contributed by atoms with E-state index in [4.69, 9.17) is 23.2 Å². The van der Waals surface area contributed by atoms with Crippen molar-refractivity contribution in [3.8, 4) is 0 Å². The third kappa shape index (κ3) is 4.48. The standard InChI is InChI=1S/C17H18Cl2N2/c1-3-21(2)12-20-17-11-15(18)14(10-16(17)19)9-13-7-5-4-6-8-13/h4-8,10-12H,3,9H2,1-2H3. The van der Waals surface area contributed by atoms with Crippen LogP contribution in [0.3, 0.4) is 0 Å². The Labute approximate surface area is 136 Å². The third-order valence-corrected chi connectivity index (χ3v) is 3.90. The number of hydrogen-bond acceptors (Lipinski definition) is 1. The van der Waals surface area contributed by atoms with Gasteiger partial charge in [0.2, 0.25) is 0 Å². The molecule has 0 unspecified atom stereocenters. The molecule has 0 N–H and O–H groups in total. The minimum absolute atomic E-state index is 0.617. The lowest BCUT2D eigenvalue weighted by Crippen LogP contribution is -2.14. The van der Waals surface area contributed by atoms with Crippen molar-refractivity contribution in [3.63, 3.8) is 0 Å². The molecule has 0 heterocycles. The first-order valence-corrected chi connectivity index (χ1v) is 7.62. The molecule has 2 nitrogen and oxygen atoms in total. The zero-order valence-electron chi connectivity index (χ0n) is 12.2. The van der Waals surface area contributed by atoms with Gasteiger partial charge in [-0.15, -0.1) is 0 Å². The molecule has 2 aromatic carbocycles. The van der Waals surface area contributed by atoms with Crippen LogP contribution in [-0.2, 0) is 6.42 Å². The molecule has 21 heavy (non-hydrogen) atoms. The van der Waals surface area contributed by atoms with E-state index in [2.05, 4.69) is 24.0 Å². The quantitative estimate of drug-likeness (QED) is 0.546. The minimum atomic E-state index is 0.617. The average Bonchev–Trinajstić information content (AvgIpc) is 2.50. The second-order valence-electron chi connectivity index (χ2n) is 4.88. The molecule has 110 valence electrons. The average molecular weight is 321 g/mol. The van der Waals surface area contributed by atoms with Gasteiger partial charge >= 0.3 is 0 Å². The van der Waals surface area contributed by atoms with Crippen LogP contribution in [0.25, 0.3) is 0 Å². The first-order chi connectivity index (χ1) is 10.1. The maximum Gasteiger partial charge on any atom is 0.0910 e. The number of benzene rings is 2. The highest BCUT2D eigenvalue weighted by molar-refractivity contribution is 6.35. The van der Waals surface area contributed by atoms with Gasteiger partial charge < -0.3 is 4.90 Å². The molecule has 0 aromatic heterocycles. The Bertz CT molecular complexity index is 624. The van der Waals surface area contributed by atoms with Crippen molar-refractivity contribution in [3.05, 3.63) is 63.6 Å². The van der Waals surface area contributed by atoms with Gasteiger partial charge in [-0.3, -0.25) is 0 Å². The Kier molecular flexibility index (Phi) is 5.66. The highest BCUT2D eigenvalue weighted by Crippen LogP contribution is 2.32. The molecule has 0 bridgehead atoms. The minimum Gasteiger partial charge on any atom is -0.366 e. The lowest BCUT2D eigenvalue weighted by molar-refractivity contribution is 0.552. The fraction of sp³-hybridized carbons (Fsp3) is 0.235. The van der Waals surface area contributed by atoms with Gasteiger partial charge in [0.25, 0.3) is 0 Å². The van der Waals surface area contributed by atoms with Gasteiger partial charge in [-0.1, -0.05) is 53.5 Å². The monoisotopic (exact) mass is 320 g/mol. The van der Waals surface area contributed by atoms with Crippen LogP contribution in [0.4, 0.5) is 5.69 Å². The zero-order valence-corrected chi connectivity index (χ0v) is 13.7. The van der Waals surface area contributed by atoms with Gasteiger partial charge in [-0.25, -0.2) is 4.99 Å². The van der Waals surface area contributed by atoms with Crippen molar-refractivity contribution in [2.24, 2.45) is 4.99 Å². The molecule has 0 saturated heterocycles. The lowest BCUT2D eigenvalue weighted by atomic mass is 10.0. The Morgan fingerprint density at radius 2 is 1.81 bits per heavy atom. The van der Waals surface area contributed by atoms with Crippen molar-refractivity contribution < 1.29 is 0 Å². The maximum absolute atomic E-state index is 6.35. The SMILES string of the molecule is CCN(C)C=Nc1cc(Cl)c(Cc2ccccc2)cc1Cl. The van der Waals surface area contributed by atoms with Gasteiger partial charge in [0.15, 0.2) is 0 Å². The summed E-state index contributed by atoms with van der Waals surface area (Å²) in [7, 11) is 1.96. The lowest BCUT2D eigenvalue weighted by Gasteiger charge is -2.10. The smallest absolute Gasteiger partial charge is 0.0910 e. The van der Waals surface area contributed by atoms with E-state index >= 15 is 0 Å². The van der Waals surface area contributed by atoms with E-state index in [0.29, 0.717) is 15.7 Å². The fourth-order valence-electron chi connectivity index (χ4n) is 1.87. The molecular formula is C17H18Cl2N2. The summed E-state index contributed by atoms with van der Waals surface area (Å²) in [6.45, 7) is 2.95. The summed E-state index contributed by atoms with van der Waals surface area (Å²) in [5, 5.41) is 1.31. The van der Waals surface area contributed by atoms with Crippen LogP contribution in [-0.4, -0.2) is 24.8 Å². The van der Waals surface area contributed by atoms with Gasteiger partial charge in [-0.05, 0) is 36.6 Å². The van der Waals surface area contributed by atoms with Crippen molar-refractivity contribution in [2.75, 3.05) is 13.6 Å². The van der Waals surface area contributed by atoms with Crippen LogP contribution in [0.5, 0.6) is 0 Å². The van der Waals surface area contributed by atoms with E-state index in [-0.39, 0.29) is 0 Å². The zero-order chi connectivity index (χ0) is 15.2. The van der Waals surface area contributed by atoms with E-state index in [1.165, 1.54) is 5.56 Å². The second kappa shape index (κ2) is 7.48. The van der Waals surface area contributed by atoms with Gasteiger partial charge in [0.1, 0.15) is 0 Å². The molecule has 0 aliphatic heterocycles. The van der Waals surface area contributed by atoms with Crippen molar-refractivity contribution in [2.45, 2.75) is 13.3 Å². The highest BCUT2D eigenvalue weighted by Gasteiger charge is 2.07. The fourth-order valence-corrected chi connectivity index (χ4v) is 2.33. The van der Waals surface area contributed by atoms with Gasteiger partial charge in [0, 0.05) is 18.6 Å². The van der Waals surface area contributed by atoms with E-state index in [0.717, 1.165) is 18.5 Å².